The van der Waals surface area contributed by atoms with Crippen LogP contribution in [0.5, 0.6) is 0 Å². The van der Waals surface area contributed by atoms with Gasteiger partial charge < -0.3 is 9.67 Å². The second-order valence-electron chi connectivity index (χ2n) is 5.40. The Hall–Kier alpha value is -1.74. The second-order valence-corrected chi connectivity index (χ2v) is 6.24. The highest BCUT2D eigenvalue weighted by Crippen LogP contribution is 2.37. The minimum absolute atomic E-state index is 0.577. The number of aliphatic hydroxyl groups is 1. The Morgan fingerprint density at radius 1 is 1.00 bits per heavy atom. The van der Waals surface area contributed by atoms with Gasteiger partial charge in [0.1, 0.15) is 6.10 Å². The van der Waals surface area contributed by atoms with Crippen LogP contribution in [0.3, 0.4) is 0 Å². The summed E-state index contributed by atoms with van der Waals surface area (Å²) in [7, 11) is 0. The topological polar surface area (TPSA) is 25.2 Å². The highest BCUT2D eigenvalue weighted by atomic mass is 35.5. The number of halogens is 2. The van der Waals surface area contributed by atoms with Gasteiger partial charge in [0.05, 0.1) is 0 Å². The van der Waals surface area contributed by atoms with Crippen LogP contribution in [0.4, 0.5) is 0 Å². The van der Waals surface area contributed by atoms with Gasteiger partial charge in [-0.05, 0) is 24.6 Å². The van der Waals surface area contributed by atoms with E-state index in [-0.39, 0.29) is 0 Å². The van der Waals surface area contributed by atoms with Crippen LogP contribution in [0.1, 0.15) is 24.2 Å². The zero-order valence-electron chi connectivity index (χ0n) is 12.7. The molecule has 1 aromatic heterocycles. The van der Waals surface area contributed by atoms with E-state index < -0.39 is 6.10 Å². The zero-order chi connectivity index (χ0) is 16.4. The first-order chi connectivity index (χ1) is 11.1. The highest BCUT2D eigenvalue weighted by Gasteiger charge is 2.19. The fourth-order valence-corrected chi connectivity index (χ4v) is 3.18. The van der Waals surface area contributed by atoms with Crippen LogP contribution in [0, 0.1) is 0 Å². The van der Waals surface area contributed by atoms with Crippen molar-refractivity contribution in [2.75, 3.05) is 0 Å². The quantitative estimate of drug-likeness (QED) is 0.657. The number of nitrogens with zero attached hydrogens (tertiary/aromatic N) is 1. The molecule has 0 aliphatic carbocycles. The minimum Gasteiger partial charge on any atom is -0.384 e. The van der Waals surface area contributed by atoms with Crippen LogP contribution in [0.2, 0.25) is 10.0 Å². The molecule has 0 radical (unpaired) electrons. The molecule has 0 spiro atoms. The molecule has 4 heteroatoms. The molecule has 3 rings (SSSR count). The average Bonchev–Trinajstić information content (AvgIpc) is 2.99. The summed E-state index contributed by atoms with van der Waals surface area (Å²) in [5.74, 6) is 0. The van der Waals surface area contributed by atoms with E-state index >= 15 is 0 Å². The summed E-state index contributed by atoms with van der Waals surface area (Å²) < 4.78 is 2.04. The van der Waals surface area contributed by atoms with Crippen molar-refractivity contribution >= 4 is 23.2 Å². The van der Waals surface area contributed by atoms with Gasteiger partial charge in [0, 0.05) is 45.7 Å². The Bertz CT molecular complexity index is 811. The Morgan fingerprint density at radius 2 is 1.74 bits per heavy atom. The lowest BCUT2D eigenvalue weighted by molar-refractivity contribution is 0.221. The minimum atomic E-state index is -0.703. The maximum Gasteiger partial charge on any atom is 0.106 e. The van der Waals surface area contributed by atoms with Gasteiger partial charge in [-0.2, -0.15) is 0 Å². The number of hydrogen-bond acceptors (Lipinski definition) is 1. The third-order valence-electron chi connectivity index (χ3n) is 3.91. The highest BCUT2D eigenvalue weighted by molar-refractivity contribution is 6.36. The molecular weight excluding hydrogens is 329 g/mol. The summed E-state index contributed by atoms with van der Waals surface area (Å²) in [6.45, 7) is 2.88. The van der Waals surface area contributed by atoms with E-state index in [4.69, 9.17) is 23.2 Å². The molecule has 0 saturated carbocycles. The molecular formula is C19H17Cl2NO. The van der Waals surface area contributed by atoms with Gasteiger partial charge in [0.2, 0.25) is 0 Å². The number of hydrogen-bond donors (Lipinski definition) is 1. The van der Waals surface area contributed by atoms with Crippen LogP contribution in [0.15, 0.2) is 60.9 Å². The van der Waals surface area contributed by atoms with Gasteiger partial charge in [0.25, 0.3) is 0 Å². The summed E-state index contributed by atoms with van der Waals surface area (Å²) in [6.07, 6.45) is 3.28. The van der Waals surface area contributed by atoms with Crippen LogP contribution >= 0.6 is 23.2 Å². The van der Waals surface area contributed by atoms with Crippen LogP contribution in [-0.2, 0) is 6.54 Å². The van der Waals surface area contributed by atoms with Crippen molar-refractivity contribution in [1.82, 2.24) is 4.57 Å². The number of aromatic nitrogens is 1. The summed E-state index contributed by atoms with van der Waals surface area (Å²) in [6, 6.07) is 15.0. The van der Waals surface area contributed by atoms with E-state index in [0.29, 0.717) is 10.0 Å². The molecule has 23 heavy (non-hydrogen) atoms. The van der Waals surface area contributed by atoms with Crippen molar-refractivity contribution in [2.24, 2.45) is 0 Å². The standard InChI is InChI=1S/C19H17Cl2NO/c1-2-22-11-16(15-9-8-14(20)10-18(15)21)17(12-22)19(23)13-6-4-3-5-7-13/h3-12,19,23H,2H2,1H3. The van der Waals surface area contributed by atoms with Crippen LogP contribution in [0.25, 0.3) is 11.1 Å². The van der Waals surface area contributed by atoms with Crippen LogP contribution in [-0.4, -0.2) is 9.67 Å². The van der Waals surface area contributed by atoms with E-state index in [9.17, 15) is 5.11 Å². The summed E-state index contributed by atoms with van der Waals surface area (Å²) in [4.78, 5) is 0. The lowest BCUT2D eigenvalue weighted by atomic mass is 9.97. The van der Waals surface area contributed by atoms with Crippen molar-refractivity contribution < 1.29 is 5.11 Å². The zero-order valence-corrected chi connectivity index (χ0v) is 14.2. The largest absolute Gasteiger partial charge is 0.384 e. The molecule has 1 N–H and O–H groups in total. The van der Waals surface area contributed by atoms with Crippen molar-refractivity contribution in [2.45, 2.75) is 19.6 Å². The normalized spacial score (nSPS) is 12.3. The first kappa shape index (κ1) is 16.1. The van der Waals surface area contributed by atoms with Gasteiger partial charge in [-0.25, -0.2) is 0 Å². The molecule has 0 aliphatic heterocycles. The monoisotopic (exact) mass is 345 g/mol. The molecule has 1 heterocycles. The Labute approximate surface area is 145 Å². The Morgan fingerprint density at radius 3 is 2.39 bits per heavy atom. The molecule has 1 atom stereocenters. The molecule has 0 fully saturated rings. The maximum atomic E-state index is 10.8. The van der Waals surface area contributed by atoms with Crippen molar-refractivity contribution in [3.63, 3.8) is 0 Å². The third-order valence-corrected chi connectivity index (χ3v) is 4.45. The maximum absolute atomic E-state index is 10.8. The van der Waals surface area contributed by atoms with E-state index in [1.165, 1.54) is 0 Å². The SMILES string of the molecule is CCn1cc(-c2ccc(Cl)cc2Cl)c(C(O)c2ccccc2)c1. The van der Waals surface area contributed by atoms with Gasteiger partial charge in [0.15, 0.2) is 0 Å². The fraction of sp³-hybridized carbons (Fsp3) is 0.158. The number of rotatable bonds is 4. The first-order valence-corrected chi connectivity index (χ1v) is 8.24. The third kappa shape index (κ3) is 3.30. The second kappa shape index (κ2) is 6.79. The predicted octanol–water partition coefficient (Wildman–Crippen LogP) is 5.56. The van der Waals surface area contributed by atoms with Gasteiger partial charge in [-0.1, -0.05) is 59.6 Å². The predicted molar refractivity (Wildman–Crippen MR) is 96.1 cm³/mol. The molecule has 1 unspecified atom stereocenters. The Kier molecular flexibility index (Phi) is 4.76. The van der Waals surface area contributed by atoms with Gasteiger partial charge in [-0.15, -0.1) is 0 Å². The van der Waals surface area contributed by atoms with E-state index in [1.807, 2.05) is 59.4 Å². The average molecular weight is 346 g/mol. The molecule has 0 bridgehead atoms. The van der Waals surface area contributed by atoms with Gasteiger partial charge >= 0.3 is 0 Å². The number of benzene rings is 2. The van der Waals surface area contributed by atoms with Crippen molar-refractivity contribution in [1.29, 1.82) is 0 Å². The van der Waals surface area contributed by atoms with Crippen molar-refractivity contribution in [3.8, 4) is 11.1 Å². The molecule has 2 nitrogen and oxygen atoms in total. The number of aryl methyl sites for hydroxylation is 1. The smallest absolute Gasteiger partial charge is 0.106 e. The molecule has 3 aromatic rings. The molecule has 118 valence electrons. The summed E-state index contributed by atoms with van der Waals surface area (Å²) in [5, 5.41) is 12.0. The summed E-state index contributed by atoms with van der Waals surface area (Å²) >= 11 is 12.4. The lowest BCUT2D eigenvalue weighted by Crippen LogP contribution is -2.00. The first-order valence-electron chi connectivity index (χ1n) is 7.48. The molecule has 0 amide bonds. The van der Waals surface area contributed by atoms with E-state index in [0.717, 1.165) is 28.8 Å². The van der Waals surface area contributed by atoms with Crippen LogP contribution < -0.4 is 0 Å². The lowest BCUT2D eigenvalue weighted by Gasteiger charge is -2.13. The fourth-order valence-electron chi connectivity index (χ4n) is 2.67. The summed E-state index contributed by atoms with van der Waals surface area (Å²) in [5.41, 5.74) is 3.48. The molecule has 2 aromatic carbocycles. The van der Waals surface area contributed by atoms with E-state index in [2.05, 4.69) is 6.92 Å². The molecule has 0 saturated heterocycles. The molecule has 0 aliphatic rings. The number of aliphatic hydroxyl groups excluding tert-OH is 1. The van der Waals surface area contributed by atoms with Gasteiger partial charge in [-0.3, -0.25) is 0 Å². The Balaban J connectivity index is 2.12. The van der Waals surface area contributed by atoms with E-state index in [1.54, 1.807) is 6.07 Å². The van der Waals surface area contributed by atoms with Crippen molar-refractivity contribution in [3.05, 3.63) is 82.1 Å².